The number of nitrogens with one attached hydrogen (secondary N) is 1. The number of aromatic carboxylic acids is 1. The quantitative estimate of drug-likeness (QED) is 0.878. The van der Waals surface area contributed by atoms with Crippen LogP contribution in [-0.4, -0.2) is 28.4 Å². The van der Waals surface area contributed by atoms with Crippen molar-refractivity contribution in [1.82, 2.24) is 10.2 Å². The Hall–Kier alpha value is -2.70. The van der Waals surface area contributed by atoms with Crippen LogP contribution < -0.4 is 10.1 Å². The average molecular weight is 263 g/mol. The number of benzene rings is 1. The van der Waals surface area contributed by atoms with Gasteiger partial charge in [0.1, 0.15) is 11.4 Å². The molecule has 2 N–H and O–H groups in total. The molecular weight excluding hydrogens is 253 g/mol. The van der Waals surface area contributed by atoms with Gasteiger partial charge in [-0.05, 0) is 24.3 Å². The van der Waals surface area contributed by atoms with Gasteiger partial charge in [0.25, 0.3) is 0 Å². The minimum atomic E-state index is -1.17. The van der Waals surface area contributed by atoms with Gasteiger partial charge in [-0.3, -0.25) is 0 Å². The van der Waals surface area contributed by atoms with Crippen LogP contribution in [0.4, 0.5) is 15.9 Å². The van der Waals surface area contributed by atoms with E-state index in [1.807, 2.05) is 0 Å². The smallest absolute Gasteiger partial charge is 0.341 e. The zero-order chi connectivity index (χ0) is 13.8. The molecule has 0 saturated heterocycles. The third-order valence-electron chi connectivity index (χ3n) is 2.30. The Morgan fingerprint density at radius 2 is 2.00 bits per heavy atom. The summed E-state index contributed by atoms with van der Waals surface area (Å²) in [4.78, 5) is 11.0. The van der Waals surface area contributed by atoms with Gasteiger partial charge >= 0.3 is 5.97 Å². The Kier molecular flexibility index (Phi) is 3.56. The van der Waals surface area contributed by atoms with Crippen molar-refractivity contribution >= 4 is 17.5 Å². The van der Waals surface area contributed by atoms with Gasteiger partial charge in [0.15, 0.2) is 5.82 Å². The molecule has 2 aromatic rings. The molecule has 0 unspecified atom stereocenters. The van der Waals surface area contributed by atoms with Crippen LogP contribution in [0.25, 0.3) is 0 Å². The molecule has 19 heavy (non-hydrogen) atoms. The second-order valence-electron chi connectivity index (χ2n) is 3.59. The minimum Gasteiger partial charge on any atom is -0.479 e. The largest absolute Gasteiger partial charge is 0.479 e. The summed E-state index contributed by atoms with van der Waals surface area (Å²) in [6.45, 7) is 0. The molecule has 0 radical (unpaired) electrons. The predicted octanol–water partition coefficient (Wildman–Crippen LogP) is 2.07. The summed E-state index contributed by atoms with van der Waals surface area (Å²) in [6, 6.07) is 6.84. The minimum absolute atomic E-state index is 0.0721. The maximum atomic E-state index is 12.7. The van der Waals surface area contributed by atoms with Crippen LogP contribution in [0.3, 0.4) is 0 Å². The number of carboxylic acid groups (broad SMARTS) is 1. The van der Waals surface area contributed by atoms with Crippen LogP contribution >= 0.6 is 0 Å². The van der Waals surface area contributed by atoms with E-state index >= 15 is 0 Å². The van der Waals surface area contributed by atoms with Gasteiger partial charge in [-0.25, -0.2) is 9.18 Å². The number of rotatable bonds is 4. The summed E-state index contributed by atoms with van der Waals surface area (Å²) in [5.74, 6) is -1.38. The van der Waals surface area contributed by atoms with Gasteiger partial charge in [-0.1, -0.05) is 0 Å². The maximum Gasteiger partial charge on any atom is 0.341 e. The normalized spacial score (nSPS) is 10.0. The summed E-state index contributed by atoms with van der Waals surface area (Å²) in [5.41, 5.74) is 0.458. The maximum absolute atomic E-state index is 12.7. The van der Waals surface area contributed by atoms with Crippen molar-refractivity contribution in [3.63, 3.8) is 0 Å². The van der Waals surface area contributed by atoms with Crippen LogP contribution in [0.2, 0.25) is 0 Å². The van der Waals surface area contributed by atoms with Gasteiger partial charge in [0.05, 0.1) is 7.11 Å². The van der Waals surface area contributed by atoms with Crippen molar-refractivity contribution < 1.29 is 19.0 Å². The molecule has 1 aromatic carbocycles. The molecule has 1 aromatic heterocycles. The Labute approximate surface area is 107 Å². The summed E-state index contributed by atoms with van der Waals surface area (Å²) in [5, 5.41) is 19.2. The lowest BCUT2D eigenvalue weighted by Crippen LogP contribution is -2.06. The average Bonchev–Trinajstić information content (AvgIpc) is 2.41. The molecule has 0 amide bonds. The third-order valence-corrected chi connectivity index (χ3v) is 2.30. The first-order chi connectivity index (χ1) is 9.10. The number of ether oxygens (including phenoxy) is 1. The number of carbonyl (C=O) groups is 1. The van der Waals surface area contributed by atoms with E-state index in [-0.39, 0.29) is 23.1 Å². The highest BCUT2D eigenvalue weighted by Gasteiger charge is 2.14. The van der Waals surface area contributed by atoms with Crippen molar-refractivity contribution in [2.24, 2.45) is 0 Å². The standard InChI is InChI=1S/C12H10FN3O3/c1-19-11-9(12(17)18)6-10(15-16-11)14-8-4-2-7(13)3-5-8/h2-6H,1H3,(H,14,15)(H,17,18). The fourth-order valence-corrected chi connectivity index (χ4v) is 1.43. The summed E-state index contributed by atoms with van der Waals surface area (Å²) in [7, 11) is 1.31. The lowest BCUT2D eigenvalue weighted by atomic mass is 10.2. The van der Waals surface area contributed by atoms with Gasteiger partial charge in [-0.2, -0.15) is 0 Å². The van der Waals surface area contributed by atoms with Crippen LogP contribution in [0.5, 0.6) is 5.88 Å². The van der Waals surface area contributed by atoms with E-state index < -0.39 is 5.97 Å². The molecule has 0 fully saturated rings. The molecule has 98 valence electrons. The lowest BCUT2D eigenvalue weighted by molar-refractivity contribution is 0.0692. The summed E-state index contributed by atoms with van der Waals surface area (Å²) in [6.07, 6.45) is 0. The second-order valence-corrected chi connectivity index (χ2v) is 3.59. The van der Waals surface area contributed by atoms with Crippen molar-refractivity contribution in [1.29, 1.82) is 0 Å². The monoisotopic (exact) mass is 263 g/mol. The zero-order valence-corrected chi connectivity index (χ0v) is 9.92. The molecular formula is C12H10FN3O3. The van der Waals surface area contributed by atoms with Crippen molar-refractivity contribution in [2.75, 3.05) is 12.4 Å². The molecule has 0 saturated carbocycles. The fourth-order valence-electron chi connectivity index (χ4n) is 1.43. The number of hydrogen-bond acceptors (Lipinski definition) is 5. The number of methoxy groups -OCH3 is 1. The van der Waals surface area contributed by atoms with Crippen molar-refractivity contribution in [2.45, 2.75) is 0 Å². The van der Waals surface area contributed by atoms with E-state index in [1.54, 1.807) is 0 Å². The predicted molar refractivity (Wildman–Crippen MR) is 65.2 cm³/mol. The molecule has 0 aliphatic rings. The second kappa shape index (κ2) is 5.30. The molecule has 0 spiro atoms. The molecule has 0 aliphatic heterocycles. The number of halogens is 1. The molecule has 6 nitrogen and oxygen atoms in total. The number of carboxylic acids is 1. The van der Waals surface area contributed by atoms with Crippen molar-refractivity contribution in [3.05, 3.63) is 41.7 Å². The summed E-state index contributed by atoms with van der Waals surface area (Å²) < 4.78 is 17.5. The first-order valence-corrected chi connectivity index (χ1v) is 5.28. The highest BCUT2D eigenvalue weighted by Crippen LogP contribution is 2.20. The molecule has 0 atom stereocenters. The van der Waals surface area contributed by atoms with E-state index in [9.17, 15) is 9.18 Å². The Morgan fingerprint density at radius 1 is 1.32 bits per heavy atom. The van der Waals surface area contributed by atoms with Gasteiger partial charge in [-0.15, -0.1) is 10.2 Å². The van der Waals surface area contributed by atoms with Gasteiger partial charge in [0.2, 0.25) is 5.88 Å². The van der Waals surface area contributed by atoms with Crippen LogP contribution in [0.15, 0.2) is 30.3 Å². The topological polar surface area (TPSA) is 84.3 Å². The van der Waals surface area contributed by atoms with E-state index in [2.05, 4.69) is 15.5 Å². The molecule has 0 bridgehead atoms. The number of nitrogens with zero attached hydrogens (tertiary/aromatic N) is 2. The third kappa shape index (κ3) is 2.95. The van der Waals surface area contributed by atoms with Crippen molar-refractivity contribution in [3.8, 4) is 5.88 Å². The highest BCUT2D eigenvalue weighted by molar-refractivity contribution is 5.91. The molecule has 7 heteroatoms. The van der Waals surface area contributed by atoms with Crippen LogP contribution in [0.1, 0.15) is 10.4 Å². The van der Waals surface area contributed by atoms with Crippen LogP contribution in [0, 0.1) is 5.82 Å². The first-order valence-electron chi connectivity index (χ1n) is 5.28. The Balaban J connectivity index is 2.28. The Bertz CT molecular complexity index is 602. The molecule has 1 heterocycles. The van der Waals surface area contributed by atoms with Gasteiger partial charge in [0, 0.05) is 11.8 Å². The van der Waals surface area contributed by atoms with Gasteiger partial charge < -0.3 is 15.2 Å². The van der Waals surface area contributed by atoms with E-state index in [0.717, 1.165) is 0 Å². The number of hydrogen-bond donors (Lipinski definition) is 2. The fraction of sp³-hybridized carbons (Fsp3) is 0.0833. The van der Waals surface area contributed by atoms with E-state index in [4.69, 9.17) is 9.84 Å². The Morgan fingerprint density at radius 3 is 2.58 bits per heavy atom. The first kappa shape index (κ1) is 12.7. The number of anilines is 2. The van der Waals surface area contributed by atoms with E-state index in [0.29, 0.717) is 5.69 Å². The van der Waals surface area contributed by atoms with E-state index in [1.165, 1.54) is 37.4 Å². The number of aromatic nitrogens is 2. The zero-order valence-electron chi connectivity index (χ0n) is 9.92. The SMILES string of the molecule is COc1nnc(Nc2ccc(F)cc2)cc1C(=O)O. The van der Waals surface area contributed by atoms with Crippen LogP contribution in [-0.2, 0) is 0 Å². The highest BCUT2D eigenvalue weighted by atomic mass is 19.1. The summed E-state index contributed by atoms with van der Waals surface area (Å²) >= 11 is 0. The molecule has 2 rings (SSSR count). The molecule has 0 aliphatic carbocycles. The lowest BCUT2D eigenvalue weighted by Gasteiger charge is -2.07.